The topological polar surface area (TPSA) is 42.0 Å². The number of para-hydroxylation sites is 1. The van der Waals surface area contributed by atoms with Crippen LogP contribution in [0.4, 0.5) is 0 Å². The summed E-state index contributed by atoms with van der Waals surface area (Å²) in [6, 6.07) is 9.54. The highest BCUT2D eigenvalue weighted by Crippen LogP contribution is 2.18. The zero-order valence-electron chi connectivity index (χ0n) is 12.8. The molecule has 2 atom stereocenters. The van der Waals surface area contributed by atoms with Gasteiger partial charge in [0.25, 0.3) is 0 Å². The number of fused-ring (bicyclic) bond motifs is 1. The van der Waals surface area contributed by atoms with Gasteiger partial charge in [-0.25, -0.2) is 8.93 Å². The molecule has 0 saturated heterocycles. The first kappa shape index (κ1) is 16.3. The second-order valence-corrected chi connectivity index (χ2v) is 6.23. The van der Waals surface area contributed by atoms with Crippen LogP contribution in [0.3, 0.4) is 0 Å². The first-order valence-electron chi connectivity index (χ1n) is 7.11. The molecule has 0 aliphatic rings. The fraction of sp³-hybridized carbons (Fsp3) is 0.167. The minimum atomic E-state index is -1.31. The van der Waals surface area contributed by atoms with Crippen molar-refractivity contribution < 1.29 is 4.21 Å². The van der Waals surface area contributed by atoms with Gasteiger partial charge >= 0.3 is 0 Å². The fourth-order valence-electron chi connectivity index (χ4n) is 2.03. The normalized spacial score (nSPS) is 15.1. The van der Waals surface area contributed by atoms with Crippen molar-refractivity contribution in [2.75, 3.05) is 0 Å². The quantitative estimate of drug-likeness (QED) is 0.821. The molecule has 1 N–H and O–H groups in total. The van der Waals surface area contributed by atoms with E-state index < -0.39 is 11.0 Å². The predicted molar refractivity (Wildman–Crippen MR) is 93.8 cm³/mol. The van der Waals surface area contributed by atoms with E-state index in [1.54, 1.807) is 12.3 Å². The number of pyridine rings is 1. The van der Waals surface area contributed by atoms with Crippen molar-refractivity contribution in [3.63, 3.8) is 0 Å². The maximum Gasteiger partial charge on any atom is 0.127 e. The molecule has 1 aromatic heterocycles. The number of benzene rings is 1. The lowest BCUT2D eigenvalue weighted by Crippen LogP contribution is -2.26. The Hall–Kier alpha value is -2.04. The molecule has 2 rings (SSSR count). The molecule has 1 aromatic carbocycles. The minimum absolute atomic E-state index is 0.0204. The summed E-state index contributed by atoms with van der Waals surface area (Å²) in [7, 11) is -1.31. The van der Waals surface area contributed by atoms with Gasteiger partial charge in [-0.05, 0) is 26.0 Å². The first-order valence-corrected chi connectivity index (χ1v) is 8.26. The van der Waals surface area contributed by atoms with Gasteiger partial charge < -0.3 is 0 Å². The van der Waals surface area contributed by atoms with E-state index in [1.807, 2.05) is 62.4 Å². The van der Waals surface area contributed by atoms with Crippen LogP contribution in [0.1, 0.15) is 13.8 Å². The van der Waals surface area contributed by atoms with Crippen molar-refractivity contribution in [1.82, 2.24) is 9.71 Å². The molecule has 2 aromatic rings. The van der Waals surface area contributed by atoms with Crippen LogP contribution in [0.2, 0.25) is 0 Å². The number of allylic oxidation sites excluding steroid dienone is 4. The molecule has 0 spiro atoms. The number of hydrogen-bond acceptors (Lipinski definition) is 2. The summed E-state index contributed by atoms with van der Waals surface area (Å²) < 4.78 is 15.6. The average molecular weight is 312 g/mol. The molecule has 0 amide bonds. The first-order chi connectivity index (χ1) is 10.6. The summed E-state index contributed by atoms with van der Waals surface area (Å²) in [5, 5.41) is 0.989. The molecule has 0 radical (unpaired) electrons. The Kier molecular flexibility index (Phi) is 5.81. The Bertz CT molecular complexity index is 744. The van der Waals surface area contributed by atoms with Crippen LogP contribution in [0.25, 0.3) is 10.9 Å². The summed E-state index contributed by atoms with van der Waals surface area (Å²) >= 11 is 0. The van der Waals surface area contributed by atoms with Crippen LogP contribution in [-0.4, -0.2) is 15.2 Å². The molecule has 0 aliphatic heterocycles. The summed E-state index contributed by atoms with van der Waals surface area (Å²) in [5.41, 5.74) is 1.87. The third kappa shape index (κ3) is 4.23. The molecule has 0 saturated carbocycles. The van der Waals surface area contributed by atoms with Crippen molar-refractivity contribution in [3.8, 4) is 0 Å². The molecule has 1 heterocycles. The van der Waals surface area contributed by atoms with Crippen LogP contribution >= 0.6 is 0 Å². The SMILES string of the molecule is C=C/C=C(C)\C=C/C(C)NS(=O)c1cccc2cccnc12. The van der Waals surface area contributed by atoms with Gasteiger partial charge in [0.05, 0.1) is 10.4 Å². The third-order valence-corrected chi connectivity index (χ3v) is 4.43. The Balaban J connectivity index is 2.14. The highest BCUT2D eigenvalue weighted by atomic mass is 32.2. The van der Waals surface area contributed by atoms with Crippen molar-refractivity contribution in [1.29, 1.82) is 0 Å². The summed E-state index contributed by atoms with van der Waals surface area (Å²) in [6.45, 7) is 7.63. The Labute approximate surface area is 134 Å². The van der Waals surface area contributed by atoms with Gasteiger partial charge in [-0.2, -0.15) is 0 Å². The van der Waals surface area contributed by atoms with E-state index in [9.17, 15) is 4.21 Å². The van der Waals surface area contributed by atoms with Crippen LogP contribution in [0, 0.1) is 0 Å². The van der Waals surface area contributed by atoms with Gasteiger partial charge in [0.15, 0.2) is 0 Å². The monoisotopic (exact) mass is 312 g/mol. The van der Waals surface area contributed by atoms with Crippen molar-refractivity contribution in [2.24, 2.45) is 0 Å². The third-order valence-electron chi connectivity index (χ3n) is 3.12. The van der Waals surface area contributed by atoms with Gasteiger partial charge in [-0.3, -0.25) is 4.98 Å². The number of nitrogens with one attached hydrogen (secondary N) is 1. The average Bonchev–Trinajstić information content (AvgIpc) is 2.52. The Morgan fingerprint density at radius 3 is 2.91 bits per heavy atom. The van der Waals surface area contributed by atoms with E-state index in [0.29, 0.717) is 4.90 Å². The number of aromatic nitrogens is 1. The molecular formula is C18H20N2OS. The highest BCUT2D eigenvalue weighted by molar-refractivity contribution is 7.83. The molecule has 4 heteroatoms. The van der Waals surface area contributed by atoms with Crippen LogP contribution < -0.4 is 4.72 Å². The molecular weight excluding hydrogens is 292 g/mol. The maximum absolute atomic E-state index is 12.5. The summed E-state index contributed by atoms with van der Waals surface area (Å²) in [4.78, 5) is 5.04. The van der Waals surface area contributed by atoms with E-state index in [-0.39, 0.29) is 6.04 Å². The van der Waals surface area contributed by atoms with Gasteiger partial charge in [-0.15, -0.1) is 0 Å². The predicted octanol–water partition coefficient (Wildman–Crippen LogP) is 3.92. The zero-order valence-corrected chi connectivity index (χ0v) is 13.6. The van der Waals surface area contributed by atoms with Gasteiger partial charge in [0, 0.05) is 17.6 Å². The van der Waals surface area contributed by atoms with E-state index in [1.165, 1.54) is 0 Å². The second kappa shape index (κ2) is 7.82. The molecule has 0 fully saturated rings. The van der Waals surface area contributed by atoms with Crippen LogP contribution in [0.15, 0.2) is 77.9 Å². The maximum atomic E-state index is 12.5. The highest BCUT2D eigenvalue weighted by Gasteiger charge is 2.10. The van der Waals surface area contributed by atoms with Crippen LogP contribution in [0.5, 0.6) is 0 Å². The summed E-state index contributed by atoms with van der Waals surface area (Å²) in [6.07, 6.45) is 9.35. The summed E-state index contributed by atoms with van der Waals surface area (Å²) in [5.74, 6) is 0. The van der Waals surface area contributed by atoms with E-state index in [2.05, 4.69) is 16.3 Å². The van der Waals surface area contributed by atoms with E-state index in [0.717, 1.165) is 16.5 Å². The lowest BCUT2D eigenvalue weighted by atomic mass is 10.2. The Morgan fingerprint density at radius 1 is 1.36 bits per heavy atom. The molecule has 0 aliphatic carbocycles. The molecule has 2 unspecified atom stereocenters. The van der Waals surface area contributed by atoms with E-state index in [4.69, 9.17) is 0 Å². The number of nitrogens with zero attached hydrogens (tertiary/aromatic N) is 1. The number of rotatable bonds is 6. The molecule has 22 heavy (non-hydrogen) atoms. The van der Waals surface area contributed by atoms with Gasteiger partial charge in [-0.1, -0.05) is 54.7 Å². The minimum Gasteiger partial charge on any atom is -0.255 e. The lowest BCUT2D eigenvalue weighted by molar-refractivity contribution is 0.666. The molecule has 0 bridgehead atoms. The second-order valence-electron chi connectivity index (χ2n) is 5.01. The molecule has 3 nitrogen and oxygen atoms in total. The zero-order chi connectivity index (χ0) is 15.9. The van der Waals surface area contributed by atoms with Crippen molar-refractivity contribution >= 4 is 21.9 Å². The van der Waals surface area contributed by atoms with Crippen molar-refractivity contribution in [2.45, 2.75) is 24.8 Å². The van der Waals surface area contributed by atoms with Crippen LogP contribution in [-0.2, 0) is 11.0 Å². The van der Waals surface area contributed by atoms with Gasteiger partial charge in [0.1, 0.15) is 11.0 Å². The van der Waals surface area contributed by atoms with Gasteiger partial charge in [0.2, 0.25) is 0 Å². The van der Waals surface area contributed by atoms with Crippen molar-refractivity contribution in [3.05, 3.63) is 73.0 Å². The largest absolute Gasteiger partial charge is 0.255 e. The Morgan fingerprint density at radius 2 is 2.14 bits per heavy atom. The number of hydrogen-bond donors (Lipinski definition) is 1. The molecule has 114 valence electrons. The lowest BCUT2D eigenvalue weighted by Gasteiger charge is -2.10. The smallest absolute Gasteiger partial charge is 0.127 e. The standard InChI is InChI=1S/C18H20N2OS/c1-4-7-14(2)11-12-15(3)20-22(21)17-10-5-8-16-9-6-13-19-18(16)17/h4-13,15,20H,1H2,2-3H3/b12-11-,14-7-. The fourth-order valence-corrected chi connectivity index (χ4v) is 3.13. The van der Waals surface area contributed by atoms with E-state index >= 15 is 0 Å².